The molecule has 0 bridgehead atoms. The van der Waals surface area contributed by atoms with Crippen LogP contribution in [0.15, 0.2) is 88.8 Å². The second-order valence-corrected chi connectivity index (χ2v) is 21.4. The van der Waals surface area contributed by atoms with Gasteiger partial charge in [-0.2, -0.15) is 0 Å². The molecular formula is C57H89N17O10. The lowest BCUT2D eigenvalue weighted by Gasteiger charge is -2.28. The van der Waals surface area contributed by atoms with Gasteiger partial charge in [0, 0.05) is 45.7 Å². The van der Waals surface area contributed by atoms with E-state index in [9.17, 15) is 48.6 Å². The van der Waals surface area contributed by atoms with E-state index in [1.807, 2.05) is 27.7 Å². The molecule has 8 amide bonds. The van der Waals surface area contributed by atoms with Gasteiger partial charge in [-0.05, 0) is 104 Å². The summed E-state index contributed by atoms with van der Waals surface area (Å²) in [5.74, 6) is -5.82. The SMILES string of the molecule is CC(C)C[C@H](NC(=O)[C@H](Cc1ccccc1)NC(=O)CN(CCNC(=O)[C@@H](N)Cc1ccc(O)cc1)CCNC(=O)[C@@H](N)Cc1ccc(O)cc1)C(=O)N[C@@H](CCCN=C(N)N)C(=O)N[C@@H](CCCN=C(N)N)C(=O)N[C@H](CC(C)C)C(N)=O. The number of carbonyl (C=O) groups excluding carboxylic acids is 8. The highest BCUT2D eigenvalue weighted by atomic mass is 16.3. The van der Waals surface area contributed by atoms with E-state index in [1.54, 1.807) is 59.5 Å². The molecular weight excluding hydrogens is 1080 g/mol. The molecule has 0 radical (unpaired) electrons. The topological polar surface area (TPSA) is 471 Å². The molecule has 0 aromatic heterocycles. The lowest BCUT2D eigenvalue weighted by Crippen LogP contribution is -2.59. The van der Waals surface area contributed by atoms with Gasteiger partial charge in [0.2, 0.25) is 47.3 Å². The monoisotopic (exact) mass is 1170 g/mol. The summed E-state index contributed by atoms with van der Waals surface area (Å²) in [6.45, 7) is 7.41. The first kappa shape index (κ1) is 69.7. The van der Waals surface area contributed by atoms with Gasteiger partial charge < -0.3 is 87.6 Å². The van der Waals surface area contributed by atoms with E-state index in [1.165, 1.54) is 24.3 Å². The Morgan fingerprint density at radius 1 is 0.476 bits per heavy atom. The van der Waals surface area contributed by atoms with Gasteiger partial charge in [0.15, 0.2) is 11.9 Å². The highest BCUT2D eigenvalue weighted by molar-refractivity contribution is 5.96. The van der Waals surface area contributed by atoms with Crippen molar-refractivity contribution in [3.63, 3.8) is 0 Å². The fourth-order valence-electron chi connectivity index (χ4n) is 8.72. The number of nitrogens with two attached hydrogens (primary N) is 7. The van der Waals surface area contributed by atoms with Crippen LogP contribution in [0.25, 0.3) is 0 Å². The number of amides is 8. The Morgan fingerprint density at radius 2 is 0.857 bits per heavy atom. The zero-order valence-corrected chi connectivity index (χ0v) is 48.6. The van der Waals surface area contributed by atoms with E-state index in [-0.39, 0.29) is 139 Å². The van der Waals surface area contributed by atoms with Crippen molar-refractivity contribution in [2.75, 3.05) is 45.8 Å². The maximum absolute atomic E-state index is 14.6. The first-order valence-corrected chi connectivity index (χ1v) is 28.1. The highest BCUT2D eigenvalue weighted by Gasteiger charge is 2.33. The van der Waals surface area contributed by atoms with Gasteiger partial charge in [-0.25, -0.2) is 0 Å². The second-order valence-electron chi connectivity index (χ2n) is 21.4. The zero-order chi connectivity index (χ0) is 62.3. The second kappa shape index (κ2) is 36.8. The van der Waals surface area contributed by atoms with Crippen LogP contribution in [0.5, 0.6) is 11.5 Å². The van der Waals surface area contributed by atoms with Crippen LogP contribution in [-0.2, 0) is 57.6 Å². The van der Waals surface area contributed by atoms with E-state index in [0.29, 0.717) is 5.56 Å². The number of benzene rings is 3. The molecule has 0 spiro atoms. The van der Waals surface area contributed by atoms with E-state index in [4.69, 9.17) is 40.1 Å². The van der Waals surface area contributed by atoms with Crippen molar-refractivity contribution in [1.82, 2.24) is 42.1 Å². The summed E-state index contributed by atoms with van der Waals surface area (Å²) in [7, 11) is 0. The zero-order valence-electron chi connectivity index (χ0n) is 48.6. The quantitative estimate of drug-likeness (QED) is 0.0159. The van der Waals surface area contributed by atoms with Crippen LogP contribution in [0, 0.1) is 11.8 Å². The molecule has 27 nitrogen and oxygen atoms in total. The van der Waals surface area contributed by atoms with E-state index in [0.717, 1.165) is 11.1 Å². The van der Waals surface area contributed by atoms with Crippen LogP contribution >= 0.6 is 0 Å². The number of primary amides is 1. The maximum Gasteiger partial charge on any atom is 0.243 e. The Kier molecular flexibility index (Phi) is 30.5. The molecule has 0 saturated carbocycles. The number of nitrogens with zero attached hydrogens (tertiary/aromatic N) is 3. The lowest BCUT2D eigenvalue weighted by atomic mass is 10.00. The summed E-state index contributed by atoms with van der Waals surface area (Å²) in [5.41, 5.74) is 42.3. The molecule has 0 aliphatic carbocycles. The highest BCUT2D eigenvalue weighted by Crippen LogP contribution is 2.14. The van der Waals surface area contributed by atoms with Crippen LogP contribution in [0.3, 0.4) is 0 Å². The van der Waals surface area contributed by atoms with Crippen molar-refractivity contribution < 1.29 is 48.6 Å². The van der Waals surface area contributed by atoms with Crippen molar-refractivity contribution >= 4 is 59.2 Å². The molecule has 0 heterocycles. The number of nitrogens with one attached hydrogen (secondary N) is 7. The largest absolute Gasteiger partial charge is 0.508 e. The first-order chi connectivity index (χ1) is 39.8. The predicted octanol–water partition coefficient (Wildman–Crippen LogP) is -2.58. The molecule has 462 valence electrons. The molecule has 3 aromatic rings. The number of phenols is 2. The summed E-state index contributed by atoms with van der Waals surface area (Å²) in [6, 6.07) is 13.3. The van der Waals surface area contributed by atoms with Crippen molar-refractivity contribution in [2.24, 2.45) is 62.0 Å². The Morgan fingerprint density at radius 3 is 1.27 bits per heavy atom. The van der Waals surface area contributed by atoms with Crippen LogP contribution in [-0.4, -0.2) is 162 Å². The summed E-state index contributed by atoms with van der Waals surface area (Å²) >= 11 is 0. The molecule has 0 saturated heterocycles. The number of aliphatic imine (C=N–C) groups is 2. The summed E-state index contributed by atoms with van der Waals surface area (Å²) in [4.78, 5) is 120. The van der Waals surface area contributed by atoms with E-state index in [2.05, 4.69) is 47.2 Å². The molecule has 0 aliphatic rings. The van der Waals surface area contributed by atoms with Gasteiger partial charge in [0.05, 0.1) is 18.6 Å². The number of phenolic OH excluding ortho intramolecular Hbond substituents is 2. The molecule has 27 heteroatoms. The normalized spacial score (nSPS) is 13.6. The van der Waals surface area contributed by atoms with Gasteiger partial charge in [-0.3, -0.25) is 53.2 Å². The summed E-state index contributed by atoms with van der Waals surface area (Å²) in [6.07, 6.45) is 1.02. The summed E-state index contributed by atoms with van der Waals surface area (Å²) in [5, 5.41) is 38.6. The van der Waals surface area contributed by atoms with E-state index >= 15 is 0 Å². The minimum atomic E-state index is -1.32. The van der Waals surface area contributed by atoms with Gasteiger partial charge in [0.1, 0.15) is 41.7 Å². The molecule has 23 N–H and O–H groups in total. The Labute approximate surface area is 490 Å². The van der Waals surface area contributed by atoms with Gasteiger partial charge in [-0.15, -0.1) is 0 Å². The smallest absolute Gasteiger partial charge is 0.243 e. The van der Waals surface area contributed by atoms with Crippen molar-refractivity contribution in [3.8, 4) is 11.5 Å². The van der Waals surface area contributed by atoms with Gasteiger partial charge in [-0.1, -0.05) is 82.3 Å². The number of guanidine groups is 2. The predicted molar refractivity (Wildman–Crippen MR) is 320 cm³/mol. The average Bonchev–Trinajstić information content (AvgIpc) is 3.65. The molecule has 0 unspecified atom stereocenters. The average molecular weight is 1170 g/mol. The number of rotatable bonds is 38. The van der Waals surface area contributed by atoms with Crippen molar-refractivity contribution in [3.05, 3.63) is 95.6 Å². The van der Waals surface area contributed by atoms with Crippen LogP contribution in [0.4, 0.5) is 0 Å². The third-order valence-corrected chi connectivity index (χ3v) is 13.1. The number of carbonyl (C=O) groups is 8. The minimum Gasteiger partial charge on any atom is -0.508 e. The number of hydrogen-bond donors (Lipinski definition) is 16. The third-order valence-electron chi connectivity index (χ3n) is 13.1. The van der Waals surface area contributed by atoms with Crippen LogP contribution in [0.2, 0.25) is 0 Å². The molecule has 0 fully saturated rings. The summed E-state index contributed by atoms with van der Waals surface area (Å²) < 4.78 is 0. The Hall–Kier alpha value is -8.56. The molecule has 0 aliphatic heterocycles. The molecule has 3 rings (SSSR count). The fourth-order valence-corrected chi connectivity index (χ4v) is 8.72. The molecule has 3 aromatic carbocycles. The first-order valence-electron chi connectivity index (χ1n) is 28.1. The molecule has 7 atom stereocenters. The fraction of sp³-hybridized carbons (Fsp3) is 0.509. The molecule has 84 heavy (non-hydrogen) atoms. The van der Waals surface area contributed by atoms with Crippen molar-refractivity contribution in [2.45, 2.75) is 128 Å². The van der Waals surface area contributed by atoms with E-state index < -0.39 is 89.6 Å². The number of hydrogen-bond acceptors (Lipinski definition) is 15. The number of aromatic hydroxyl groups is 2. The maximum atomic E-state index is 14.6. The Bertz CT molecular complexity index is 2560. The van der Waals surface area contributed by atoms with Crippen LogP contribution < -0.4 is 77.4 Å². The van der Waals surface area contributed by atoms with Gasteiger partial charge in [0.25, 0.3) is 0 Å². The third kappa shape index (κ3) is 27.9. The van der Waals surface area contributed by atoms with Gasteiger partial charge >= 0.3 is 0 Å². The standard InChI is InChI=1S/C57H89N17O10/c1-34(2)28-45(49(60)78)72-53(82)44(13-9-23-68-57(63)64)70-52(81)43(12-8-22-67-56(61)62)71-54(83)46(29-35(3)4)73-55(84)47(32-36-10-6-5-7-11-36)69-48(77)33-74(26-24-65-50(79)41(58)30-37-14-18-39(75)19-15-37)27-25-66-51(80)42(59)31-38-16-20-40(76)21-17-38/h5-7,10-11,14-21,34-35,41-47,75-76H,8-9,12-13,22-33,58-59H2,1-4H3,(H2,60,78)(H,65,79)(H,66,80)(H,69,77)(H,70,81)(H,71,83)(H,72,82)(H,73,84)(H4,61,62,67)(H4,63,64,68)/t41-,42-,43-,44-,45+,46-,47-/m0/s1. The van der Waals surface area contributed by atoms with Crippen molar-refractivity contribution in [1.29, 1.82) is 0 Å². The Balaban J connectivity index is 1.89. The lowest BCUT2D eigenvalue weighted by molar-refractivity contribution is -0.135. The van der Waals surface area contributed by atoms with Crippen LogP contribution in [0.1, 0.15) is 82.9 Å². The minimum absolute atomic E-state index is 0.0110.